The summed E-state index contributed by atoms with van der Waals surface area (Å²) in [5, 5.41) is 4.08. The van der Waals surface area contributed by atoms with Crippen molar-refractivity contribution in [2.45, 2.75) is 35.2 Å². The van der Waals surface area contributed by atoms with Crippen LogP contribution in [0, 0.1) is 11.6 Å². The minimum atomic E-state index is -0.834. The molecule has 0 amide bonds. The normalized spacial score (nSPS) is 14.4. The Kier molecular flexibility index (Phi) is 4.48. The van der Waals surface area contributed by atoms with Crippen LogP contribution in [0.3, 0.4) is 0 Å². The smallest absolute Gasteiger partial charge is 0.159 e. The van der Waals surface area contributed by atoms with Gasteiger partial charge in [0, 0.05) is 27.4 Å². The van der Waals surface area contributed by atoms with Gasteiger partial charge in [-0.3, -0.25) is 0 Å². The van der Waals surface area contributed by atoms with Crippen LogP contribution in [0.4, 0.5) is 8.78 Å². The summed E-state index contributed by atoms with van der Waals surface area (Å²) in [7, 11) is 0. The third kappa shape index (κ3) is 3.96. The predicted octanol–water partition coefficient (Wildman–Crippen LogP) is 5.02. The Hall–Kier alpha value is -1.10. The van der Waals surface area contributed by atoms with Crippen molar-refractivity contribution >= 4 is 23.4 Å². The summed E-state index contributed by atoms with van der Waals surface area (Å²) in [4.78, 5) is 1.62. The van der Waals surface area contributed by atoms with Crippen LogP contribution in [0.25, 0.3) is 0 Å². The number of rotatable bonds is 5. The van der Waals surface area contributed by atoms with E-state index in [4.69, 9.17) is 11.6 Å². The summed E-state index contributed by atoms with van der Waals surface area (Å²) in [5.41, 5.74) is 1.11. The van der Waals surface area contributed by atoms with Crippen LogP contribution in [0.15, 0.2) is 46.2 Å². The second kappa shape index (κ2) is 6.34. The number of hydrogen-bond donors (Lipinski definition) is 1. The lowest BCUT2D eigenvalue weighted by atomic mass is 10.2. The molecule has 5 heteroatoms. The average Bonchev–Trinajstić information content (AvgIpc) is 3.26. The van der Waals surface area contributed by atoms with Gasteiger partial charge in [0.25, 0.3) is 0 Å². The zero-order chi connectivity index (χ0) is 14.8. The van der Waals surface area contributed by atoms with E-state index in [1.165, 1.54) is 30.7 Å². The molecule has 0 unspecified atom stereocenters. The summed E-state index contributed by atoms with van der Waals surface area (Å²) < 4.78 is 26.3. The maximum atomic E-state index is 13.3. The monoisotopic (exact) mass is 325 g/mol. The molecule has 0 heterocycles. The van der Waals surface area contributed by atoms with Gasteiger partial charge in [-0.15, -0.1) is 0 Å². The van der Waals surface area contributed by atoms with Gasteiger partial charge >= 0.3 is 0 Å². The molecule has 2 aromatic carbocycles. The van der Waals surface area contributed by atoms with E-state index in [1.807, 2.05) is 18.2 Å². The molecule has 1 fully saturated rings. The maximum absolute atomic E-state index is 13.3. The van der Waals surface area contributed by atoms with Gasteiger partial charge in [0.05, 0.1) is 0 Å². The van der Waals surface area contributed by atoms with E-state index in [1.54, 1.807) is 6.07 Å². The molecule has 3 rings (SSSR count). The van der Waals surface area contributed by atoms with Crippen molar-refractivity contribution in [2.24, 2.45) is 0 Å². The van der Waals surface area contributed by atoms with Gasteiger partial charge in [-0.25, -0.2) is 8.78 Å². The molecule has 0 bridgehead atoms. The van der Waals surface area contributed by atoms with E-state index in [2.05, 4.69) is 5.32 Å². The van der Waals surface area contributed by atoms with Crippen molar-refractivity contribution in [2.75, 3.05) is 0 Å². The Balaban J connectivity index is 1.81. The molecule has 1 N–H and O–H groups in total. The maximum Gasteiger partial charge on any atom is 0.159 e. The molecule has 0 radical (unpaired) electrons. The van der Waals surface area contributed by atoms with Crippen molar-refractivity contribution in [1.29, 1.82) is 0 Å². The first-order valence-corrected chi connectivity index (χ1v) is 7.96. The van der Waals surface area contributed by atoms with Crippen LogP contribution in [0.2, 0.25) is 5.02 Å². The topological polar surface area (TPSA) is 12.0 Å². The second-order valence-corrected chi connectivity index (χ2v) is 6.64. The van der Waals surface area contributed by atoms with Crippen LogP contribution < -0.4 is 5.32 Å². The van der Waals surface area contributed by atoms with E-state index in [0.29, 0.717) is 16.0 Å². The molecule has 1 aliphatic carbocycles. The Morgan fingerprint density at radius 1 is 1.10 bits per heavy atom. The quantitative estimate of drug-likeness (QED) is 0.828. The Morgan fingerprint density at radius 3 is 2.62 bits per heavy atom. The largest absolute Gasteiger partial charge is 0.310 e. The minimum Gasteiger partial charge on any atom is -0.310 e. The molecule has 1 saturated carbocycles. The van der Waals surface area contributed by atoms with Gasteiger partial charge in [0.2, 0.25) is 0 Å². The Morgan fingerprint density at radius 2 is 1.90 bits per heavy atom. The molecule has 0 aliphatic heterocycles. The fourth-order valence-corrected chi connectivity index (χ4v) is 3.22. The highest BCUT2D eigenvalue weighted by Gasteiger charge is 2.20. The molecule has 2 aromatic rings. The fraction of sp³-hybridized carbons (Fsp3) is 0.250. The van der Waals surface area contributed by atoms with Crippen LogP contribution in [-0.2, 0) is 6.54 Å². The highest BCUT2D eigenvalue weighted by atomic mass is 35.5. The van der Waals surface area contributed by atoms with Crippen molar-refractivity contribution in [3.63, 3.8) is 0 Å². The number of hydrogen-bond acceptors (Lipinski definition) is 2. The first-order valence-electron chi connectivity index (χ1n) is 6.76. The van der Waals surface area contributed by atoms with E-state index in [0.717, 1.165) is 23.1 Å². The van der Waals surface area contributed by atoms with Gasteiger partial charge in [0.15, 0.2) is 11.6 Å². The van der Waals surface area contributed by atoms with Crippen LogP contribution in [0.1, 0.15) is 18.4 Å². The number of halogens is 3. The highest BCUT2D eigenvalue weighted by Crippen LogP contribution is 2.33. The van der Waals surface area contributed by atoms with Crippen molar-refractivity contribution < 1.29 is 8.78 Å². The van der Waals surface area contributed by atoms with Gasteiger partial charge in [-0.1, -0.05) is 29.4 Å². The molecule has 0 spiro atoms. The SMILES string of the molecule is Fc1ccc(Sc2cc(Cl)ccc2CNC2CC2)cc1F. The average molecular weight is 326 g/mol. The van der Waals surface area contributed by atoms with Crippen molar-refractivity contribution in [3.05, 3.63) is 58.6 Å². The van der Waals surface area contributed by atoms with Crippen LogP contribution in [-0.4, -0.2) is 6.04 Å². The lowest BCUT2D eigenvalue weighted by Gasteiger charge is -2.11. The highest BCUT2D eigenvalue weighted by molar-refractivity contribution is 7.99. The van der Waals surface area contributed by atoms with E-state index in [-0.39, 0.29) is 0 Å². The van der Waals surface area contributed by atoms with Gasteiger partial charge in [-0.2, -0.15) is 0 Å². The lowest BCUT2D eigenvalue weighted by molar-refractivity contribution is 0.506. The van der Waals surface area contributed by atoms with Crippen molar-refractivity contribution in [1.82, 2.24) is 5.32 Å². The minimum absolute atomic E-state index is 0.613. The zero-order valence-electron chi connectivity index (χ0n) is 11.2. The van der Waals surface area contributed by atoms with Crippen molar-refractivity contribution in [3.8, 4) is 0 Å². The van der Waals surface area contributed by atoms with Crippen LogP contribution in [0.5, 0.6) is 0 Å². The molecule has 110 valence electrons. The van der Waals surface area contributed by atoms with Crippen LogP contribution >= 0.6 is 23.4 Å². The Bertz CT molecular complexity index is 659. The molecule has 1 aliphatic rings. The predicted molar refractivity (Wildman–Crippen MR) is 81.8 cm³/mol. The molecule has 0 aromatic heterocycles. The molecular formula is C16H14ClF2NS. The third-order valence-corrected chi connectivity index (χ3v) is 4.63. The van der Waals surface area contributed by atoms with E-state index < -0.39 is 11.6 Å². The van der Waals surface area contributed by atoms with Gasteiger partial charge in [-0.05, 0) is 48.7 Å². The van der Waals surface area contributed by atoms with E-state index in [9.17, 15) is 8.78 Å². The van der Waals surface area contributed by atoms with E-state index >= 15 is 0 Å². The molecular weight excluding hydrogens is 312 g/mol. The summed E-state index contributed by atoms with van der Waals surface area (Å²) in [6.45, 7) is 0.758. The summed E-state index contributed by atoms with van der Waals surface area (Å²) in [6.07, 6.45) is 2.44. The Labute approximate surface area is 131 Å². The number of benzene rings is 2. The zero-order valence-corrected chi connectivity index (χ0v) is 12.8. The third-order valence-electron chi connectivity index (χ3n) is 3.31. The molecule has 0 atom stereocenters. The second-order valence-electron chi connectivity index (χ2n) is 5.09. The standard InChI is InChI=1S/C16H14ClF2NS/c17-11-2-1-10(9-20-12-3-4-12)16(7-11)21-13-5-6-14(18)15(19)8-13/h1-2,5-8,12,20H,3-4,9H2. The summed E-state index contributed by atoms with van der Waals surface area (Å²) in [6, 6.07) is 10.2. The first-order chi connectivity index (χ1) is 10.1. The lowest BCUT2D eigenvalue weighted by Crippen LogP contribution is -2.15. The number of nitrogens with one attached hydrogen (secondary N) is 1. The molecule has 21 heavy (non-hydrogen) atoms. The summed E-state index contributed by atoms with van der Waals surface area (Å²) >= 11 is 7.44. The molecule has 0 saturated heterocycles. The molecule has 1 nitrogen and oxygen atoms in total. The van der Waals surface area contributed by atoms with Gasteiger partial charge < -0.3 is 5.32 Å². The summed E-state index contributed by atoms with van der Waals surface area (Å²) in [5.74, 6) is -1.67. The first kappa shape index (κ1) is 14.8. The van der Waals surface area contributed by atoms with Gasteiger partial charge in [0.1, 0.15) is 0 Å². The fourth-order valence-electron chi connectivity index (χ4n) is 1.98.